The van der Waals surface area contributed by atoms with Crippen LogP contribution < -0.4 is 5.56 Å². The van der Waals surface area contributed by atoms with Crippen LogP contribution in [0.5, 0.6) is 0 Å². The van der Waals surface area contributed by atoms with Gasteiger partial charge in [-0.1, -0.05) is 36.4 Å². The zero-order chi connectivity index (χ0) is 19.9. The first-order chi connectivity index (χ1) is 13.3. The molecule has 0 aliphatic carbocycles. The van der Waals surface area contributed by atoms with E-state index in [0.29, 0.717) is 17.8 Å². The standard InChI is InChI=1S/C22H22N4O2/c1-22(2,28)21-23-12-17(13-24-21)16-9-10-18-19(11-16)26(25(3)20(18)27)14-15-7-5-4-6-8-15/h4-13,28H,14H2,1-3H3. The average Bonchev–Trinajstić information content (AvgIpc) is 2.93. The lowest BCUT2D eigenvalue weighted by molar-refractivity contribution is 0.0687. The van der Waals surface area contributed by atoms with Crippen LogP contribution in [0.3, 0.4) is 0 Å². The van der Waals surface area contributed by atoms with Gasteiger partial charge in [0.2, 0.25) is 0 Å². The third-order valence-electron chi connectivity index (χ3n) is 4.87. The van der Waals surface area contributed by atoms with E-state index in [-0.39, 0.29) is 5.56 Å². The number of hydrogen-bond donors (Lipinski definition) is 1. The van der Waals surface area contributed by atoms with Crippen molar-refractivity contribution >= 4 is 10.9 Å². The number of fused-ring (bicyclic) bond motifs is 1. The normalized spacial score (nSPS) is 11.9. The zero-order valence-electron chi connectivity index (χ0n) is 16.1. The van der Waals surface area contributed by atoms with Crippen LogP contribution in [-0.4, -0.2) is 24.4 Å². The van der Waals surface area contributed by atoms with E-state index < -0.39 is 5.60 Å². The molecule has 0 fully saturated rings. The quantitative estimate of drug-likeness (QED) is 0.596. The molecule has 0 radical (unpaired) electrons. The molecule has 0 aliphatic heterocycles. The van der Waals surface area contributed by atoms with Gasteiger partial charge >= 0.3 is 0 Å². The fourth-order valence-electron chi connectivity index (χ4n) is 3.29. The van der Waals surface area contributed by atoms with E-state index in [1.165, 1.54) is 0 Å². The molecule has 0 atom stereocenters. The molecule has 0 amide bonds. The summed E-state index contributed by atoms with van der Waals surface area (Å²) in [6.07, 6.45) is 3.40. The van der Waals surface area contributed by atoms with E-state index in [4.69, 9.17) is 0 Å². The van der Waals surface area contributed by atoms with Gasteiger partial charge in [-0.25, -0.2) is 9.97 Å². The highest BCUT2D eigenvalue weighted by atomic mass is 16.3. The largest absolute Gasteiger partial charge is 0.382 e. The number of nitrogens with zero attached hydrogens (tertiary/aromatic N) is 4. The summed E-state index contributed by atoms with van der Waals surface area (Å²) < 4.78 is 3.62. The third-order valence-corrected chi connectivity index (χ3v) is 4.87. The van der Waals surface area contributed by atoms with Gasteiger partial charge in [-0.2, -0.15) is 0 Å². The van der Waals surface area contributed by atoms with Crippen molar-refractivity contribution in [2.24, 2.45) is 7.05 Å². The molecular weight excluding hydrogens is 352 g/mol. The van der Waals surface area contributed by atoms with E-state index in [0.717, 1.165) is 22.2 Å². The smallest absolute Gasteiger partial charge is 0.274 e. The Kier molecular flexibility index (Phi) is 4.35. The third kappa shape index (κ3) is 3.23. The lowest BCUT2D eigenvalue weighted by Gasteiger charge is -2.15. The lowest BCUT2D eigenvalue weighted by Crippen LogP contribution is -2.19. The number of hydrogen-bond acceptors (Lipinski definition) is 4. The first-order valence-corrected chi connectivity index (χ1v) is 9.13. The fourth-order valence-corrected chi connectivity index (χ4v) is 3.29. The minimum Gasteiger partial charge on any atom is -0.382 e. The Morgan fingerprint density at radius 2 is 1.68 bits per heavy atom. The topological polar surface area (TPSA) is 72.9 Å². The summed E-state index contributed by atoms with van der Waals surface area (Å²) in [6, 6.07) is 15.8. The molecule has 0 spiro atoms. The molecule has 2 aromatic heterocycles. The van der Waals surface area contributed by atoms with Crippen LogP contribution in [0.25, 0.3) is 22.0 Å². The maximum Gasteiger partial charge on any atom is 0.274 e. The van der Waals surface area contributed by atoms with Crippen molar-refractivity contribution in [2.75, 3.05) is 0 Å². The molecule has 2 aromatic carbocycles. The van der Waals surface area contributed by atoms with Crippen molar-refractivity contribution < 1.29 is 5.11 Å². The SMILES string of the molecule is Cn1c(=O)c2ccc(-c3cnc(C(C)(C)O)nc3)cc2n1Cc1ccccc1. The van der Waals surface area contributed by atoms with Crippen LogP contribution in [0.2, 0.25) is 0 Å². The molecule has 28 heavy (non-hydrogen) atoms. The predicted octanol–water partition coefficient (Wildman–Crippen LogP) is 3.07. The van der Waals surface area contributed by atoms with E-state index in [9.17, 15) is 9.90 Å². The molecule has 0 saturated heterocycles. The summed E-state index contributed by atoms with van der Waals surface area (Å²) in [5.41, 5.74) is 2.63. The van der Waals surface area contributed by atoms with E-state index in [2.05, 4.69) is 9.97 Å². The van der Waals surface area contributed by atoms with E-state index >= 15 is 0 Å². The first-order valence-electron chi connectivity index (χ1n) is 9.13. The fraction of sp³-hybridized carbons (Fsp3) is 0.227. The van der Waals surface area contributed by atoms with Crippen LogP contribution in [0, 0.1) is 0 Å². The van der Waals surface area contributed by atoms with Crippen molar-refractivity contribution in [2.45, 2.75) is 26.0 Å². The number of aromatic nitrogens is 4. The monoisotopic (exact) mass is 374 g/mol. The second-order valence-corrected chi connectivity index (χ2v) is 7.46. The molecule has 0 bridgehead atoms. The van der Waals surface area contributed by atoms with Crippen molar-refractivity contribution in [1.29, 1.82) is 0 Å². The molecule has 4 rings (SSSR count). The van der Waals surface area contributed by atoms with E-state index in [1.807, 2.05) is 53.2 Å². The van der Waals surface area contributed by atoms with Gasteiger partial charge < -0.3 is 5.11 Å². The first kappa shape index (κ1) is 18.1. The summed E-state index contributed by atoms with van der Waals surface area (Å²) in [4.78, 5) is 21.2. The predicted molar refractivity (Wildman–Crippen MR) is 109 cm³/mol. The van der Waals surface area contributed by atoms with Crippen LogP contribution in [0.4, 0.5) is 0 Å². The molecule has 2 heterocycles. The van der Waals surface area contributed by atoms with Crippen molar-refractivity contribution in [3.63, 3.8) is 0 Å². The summed E-state index contributed by atoms with van der Waals surface area (Å²) in [7, 11) is 1.78. The van der Waals surface area contributed by atoms with E-state index in [1.54, 1.807) is 38.0 Å². The number of aliphatic hydroxyl groups is 1. The Bertz CT molecular complexity index is 1180. The average molecular weight is 374 g/mol. The number of benzene rings is 2. The molecule has 0 unspecified atom stereocenters. The molecule has 4 aromatic rings. The lowest BCUT2D eigenvalue weighted by atomic mass is 10.1. The van der Waals surface area contributed by atoms with Crippen LogP contribution >= 0.6 is 0 Å². The van der Waals surface area contributed by atoms with Crippen LogP contribution in [0.15, 0.2) is 65.7 Å². The Hall–Kier alpha value is -3.25. The molecule has 6 heteroatoms. The van der Waals surface area contributed by atoms with Crippen molar-refractivity contribution in [1.82, 2.24) is 19.3 Å². The summed E-state index contributed by atoms with van der Waals surface area (Å²) >= 11 is 0. The maximum atomic E-state index is 12.6. The van der Waals surface area contributed by atoms with Crippen LogP contribution in [0.1, 0.15) is 25.2 Å². The second kappa shape index (κ2) is 6.73. The zero-order valence-corrected chi connectivity index (χ0v) is 16.1. The molecule has 0 saturated carbocycles. The van der Waals surface area contributed by atoms with Crippen molar-refractivity contribution in [3.8, 4) is 11.1 Å². The minimum atomic E-state index is -1.09. The Balaban J connectivity index is 1.80. The van der Waals surface area contributed by atoms with Gasteiger partial charge in [-0.15, -0.1) is 0 Å². The highest BCUT2D eigenvalue weighted by Gasteiger charge is 2.19. The summed E-state index contributed by atoms with van der Waals surface area (Å²) in [5, 5.41) is 10.7. The maximum absolute atomic E-state index is 12.6. The van der Waals surface area contributed by atoms with Gasteiger partial charge in [0.15, 0.2) is 5.82 Å². The number of rotatable bonds is 4. The Labute approximate surface area is 162 Å². The van der Waals surface area contributed by atoms with Gasteiger partial charge in [0.05, 0.1) is 17.4 Å². The molecule has 142 valence electrons. The minimum absolute atomic E-state index is 0.0221. The second-order valence-electron chi connectivity index (χ2n) is 7.46. The van der Waals surface area contributed by atoms with Crippen molar-refractivity contribution in [3.05, 3.63) is 82.7 Å². The van der Waals surface area contributed by atoms with Gasteiger partial charge in [0.25, 0.3) is 5.56 Å². The Morgan fingerprint density at radius 1 is 1.00 bits per heavy atom. The molecule has 0 aliphatic rings. The molecule has 1 N–H and O–H groups in total. The van der Waals surface area contributed by atoms with Gasteiger partial charge in [-0.3, -0.25) is 14.2 Å². The summed E-state index contributed by atoms with van der Waals surface area (Å²) in [5.74, 6) is 0.373. The van der Waals surface area contributed by atoms with Gasteiger partial charge in [-0.05, 0) is 37.1 Å². The highest BCUT2D eigenvalue weighted by Crippen LogP contribution is 2.24. The molecular formula is C22H22N4O2. The van der Waals surface area contributed by atoms with Gasteiger partial charge in [0.1, 0.15) is 5.60 Å². The Morgan fingerprint density at radius 3 is 2.32 bits per heavy atom. The van der Waals surface area contributed by atoms with Crippen LogP contribution in [-0.2, 0) is 19.2 Å². The molecule has 6 nitrogen and oxygen atoms in total. The summed E-state index contributed by atoms with van der Waals surface area (Å²) in [6.45, 7) is 3.91. The highest BCUT2D eigenvalue weighted by molar-refractivity contribution is 5.84. The van der Waals surface area contributed by atoms with Gasteiger partial charge in [0, 0.05) is 25.0 Å².